The largest absolute Gasteiger partial charge is 0.383 e. The molecule has 0 amide bonds. The summed E-state index contributed by atoms with van der Waals surface area (Å²) in [5, 5.41) is 8.26. The number of nitrogens with two attached hydrogens (primary N) is 1. The molecular weight excluding hydrogens is 208 g/mol. The van der Waals surface area contributed by atoms with Crippen LogP contribution in [0.2, 0.25) is 0 Å². The summed E-state index contributed by atoms with van der Waals surface area (Å²) in [5.41, 5.74) is 5.63. The minimum absolute atomic E-state index is 0.0738. The van der Waals surface area contributed by atoms with Crippen molar-refractivity contribution < 1.29 is 9.47 Å². The Morgan fingerprint density at radius 3 is 3.06 bits per heavy atom. The lowest BCUT2D eigenvalue weighted by Gasteiger charge is -2.12. The van der Waals surface area contributed by atoms with E-state index in [0.29, 0.717) is 13.2 Å². The molecule has 1 aliphatic rings. The van der Waals surface area contributed by atoms with Crippen molar-refractivity contribution in [3.05, 3.63) is 11.6 Å². The zero-order chi connectivity index (χ0) is 11.4. The SMILES string of the molecule is COCCn1c(CN)nnc1C1CCCO1. The van der Waals surface area contributed by atoms with E-state index in [-0.39, 0.29) is 6.10 Å². The Kier molecular flexibility index (Phi) is 3.87. The molecule has 1 aliphatic heterocycles. The van der Waals surface area contributed by atoms with Crippen LogP contribution < -0.4 is 5.73 Å². The van der Waals surface area contributed by atoms with Crippen molar-refractivity contribution in [3.8, 4) is 0 Å². The first-order chi connectivity index (χ1) is 7.86. The van der Waals surface area contributed by atoms with Gasteiger partial charge in [0.15, 0.2) is 5.82 Å². The van der Waals surface area contributed by atoms with Crippen molar-refractivity contribution in [3.63, 3.8) is 0 Å². The number of methoxy groups -OCH3 is 1. The highest BCUT2D eigenvalue weighted by Crippen LogP contribution is 2.27. The molecule has 0 aliphatic carbocycles. The smallest absolute Gasteiger partial charge is 0.162 e. The van der Waals surface area contributed by atoms with Crippen LogP contribution in [0, 0.1) is 0 Å². The molecule has 1 fully saturated rings. The van der Waals surface area contributed by atoms with Gasteiger partial charge in [0.2, 0.25) is 0 Å². The predicted molar refractivity (Wildman–Crippen MR) is 57.7 cm³/mol. The van der Waals surface area contributed by atoms with Crippen molar-refractivity contribution in [1.29, 1.82) is 0 Å². The van der Waals surface area contributed by atoms with E-state index in [0.717, 1.165) is 37.6 Å². The molecule has 2 heterocycles. The monoisotopic (exact) mass is 226 g/mol. The van der Waals surface area contributed by atoms with Gasteiger partial charge in [-0.1, -0.05) is 0 Å². The number of rotatable bonds is 5. The lowest BCUT2D eigenvalue weighted by Crippen LogP contribution is -2.16. The highest BCUT2D eigenvalue weighted by molar-refractivity contribution is 5.00. The van der Waals surface area contributed by atoms with Gasteiger partial charge < -0.3 is 19.8 Å². The fourth-order valence-electron chi connectivity index (χ4n) is 1.95. The van der Waals surface area contributed by atoms with E-state index in [4.69, 9.17) is 15.2 Å². The van der Waals surface area contributed by atoms with E-state index in [1.54, 1.807) is 7.11 Å². The zero-order valence-corrected chi connectivity index (χ0v) is 9.56. The van der Waals surface area contributed by atoms with Crippen molar-refractivity contribution in [2.45, 2.75) is 32.0 Å². The Hall–Kier alpha value is -0.980. The molecule has 0 bridgehead atoms. The summed E-state index contributed by atoms with van der Waals surface area (Å²) in [4.78, 5) is 0. The molecule has 1 aromatic rings. The van der Waals surface area contributed by atoms with Crippen molar-refractivity contribution in [1.82, 2.24) is 14.8 Å². The molecule has 16 heavy (non-hydrogen) atoms. The lowest BCUT2D eigenvalue weighted by molar-refractivity contribution is 0.0990. The first kappa shape index (κ1) is 11.5. The Morgan fingerprint density at radius 2 is 2.44 bits per heavy atom. The molecule has 1 saturated heterocycles. The lowest BCUT2D eigenvalue weighted by atomic mass is 10.2. The molecule has 1 aromatic heterocycles. The number of nitrogens with zero attached hydrogens (tertiary/aromatic N) is 3. The first-order valence-corrected chi connectivity index (χ1v) is 5.59. The first-order valence-electron chi connectivity index (χ1n) is 5.59. The van der Waals surface area contributed by atoms with E-state index in [1.165, 1.54) is 0 Å². The van der Waals surface area contributed by atoms with Crippen LogP contribution in [0.1, 0.15) is 30.6 Å². The van der Waals surface area contributed by atoms with Crippen LogP contribution in [-0.4, -0.2) is 35.1 Å². The normalized spacial score (nSPS) is 20.5. The fourth-order valence-corrected chi connectivity index (χ4v) is 1.95. The van der Waals surface area contributed by atoms with E-state index >= 15 is 0 Å². The summed E-state index contributed by atoms with van der Waals surface area (Å²) in [6.07, 6.45) is 2.17. The third kappa shape index (κ3) is 2.23. The van der Waals surface area contributed by atoms with Gasteiger partial charge in [-0.2, -0.15) is 0 Å². The van der Waals surface area contributed by atoms with Gasteiger partial charge in [-0.05, 0) is 12.8 Å². The van der Waals surface area contributed by atoms with Gasteiger partial charge in [0, 0.05) is 20.3 Å². The molecule has 1 unspecified atom stereocenters. The van der Waals surface area contributed by atoms with Crippen LogP contribution in [0.15, 0.2) is 0 Å². The molecular formula is C10H18N4O2. The highest BCUT2D eigenvalue weighted by Gasteiger charge is 2.24. The zero-order valence-electron chi connectivity index (χ0n) is 9.56. The molecule has 6 heteroatoms. The van der Waals surface area contributed by atoms with Crippen molar-refractivity contribution in [2.24, 2.45) is 5.73 Å². The summed E-state index contributed by atoms with van der Waals surface area (Å²) in [5.74, 6) is 1.68. The van der Waals surface area contributed by atoms with Crippen LogP contribution >= 0.6 is 0 Å². The average Bonchev–Trinajstić information content (AvgIpc) is 2.94. The molecule has 0 spiro atoms. The maximum Gasteiger partial charge on any atom is 0.162 e. The fraction of sp³-hybridized carbons (Fsp3) is 0.800. The van der Waals surface area contributed by atoms with Gasteiger partial charge >= 0.3 is 0 Å². The minimum atomic E-state index is 0.0738. The number of hydrogen-bond donors (Lipinski definition) is 1. The van der Waals surface area contributed by atoms with Crippen molar-refractivity contribution in [2.75, 3.05) is 20.3 Å². The minimum Gasteiger partial charge on any atom is -0.383 e. The second-order valence-corrected chi connectivity index (χ2v) is 3.82. The second-order valence-electron chi connectivity index (χ2n) is 3.82. The molecule has 0 saturated carbocycles. The van der Waals surface area contributed by atoms with E-state index < -0.39 is 0 Å². The topological polar surface area (TPSA) is 75.2 Å². The molecule has 0 aromatic carbocycles. The molecule has 0 radical (unpaired) electrons. The Bertz CT molecular complexity index is 334. The quantitative estimate of drug-likeness (QED) is 0.778. The Labute approximate surface area is 94.7 Å². The standard InChI is InChI=1S/C10H18N4O2/c1-15-6-4-14-9(7-11)12-13-10(14)8-3-2-5-16-8/h8H,2-7,11H2,1H3. The maximum atomic E-state index is 5.63. The van der Waals surface area contributed by atoms with Gasteiger partial charge in [-0.15, -0.1) is 10.2 Å². The highest BCUT2D eigenvalue weighted by atomic mass is 16.5. The Balaban J connectivity index is 2.18. The summed E-state index contributed by atoms with van der Waals surface area (Å²) >= 11 is 0. The van der Waals surface area contributed by atoms with Gasteiger partial charge in [-0.3, -0.25) is 0 Å². The van der Waals surface area contributed by atoms with E-state index in [2.05, 4.69) is 10.2 Å². The summed E-state index contributed by atoms with van der Waals surface area (Å²) in [6.45, 7) is 2.55. The summed E-state index contributed by atoms with van der Waals surface area (Å²) in [6, 6.07) is 0. The van der Waals surface area contributed by atoms with Crippen LogP contribution in [0.25, 0.3) is 0 Å². The maximum absolute atomic E-state index is 5.63. The summed E-state index contributed by atoms with van der Waals surface area (Å²) < 4.78 is 12.7. The molecule has 2 rings (SSSR count). The molecule has 2 N–H and O–H groups in total. The predicted octanol–water partition coefficient (Wildman–Crippen LogP) is 0.235. The third-order valence-electron chi connectivity index (χ3n) is 2.78. The van der Waals surface area contributed by atoms with Gasteiger partial charge in [0.1, 0.15) is 11.9 Å². The van der Waals surface area contributed by atoms with Crippen LogP contribution in [0.3, 0.4) is 0 Å². The summed E-state index contributed by atoms with van der Waals surface area (Å²) in [7, 11) is 1.68. The Morgan fingerprint density at radius 1 is 1.56 bits per heavy atom. The van der Waals surface area contributed by atoms with Crippen LogP contribution in [-0.2, 0) is 22.6 Å². The van der Waals surface area contributed by atoms with Crippen LogP contribution in [0.4, 0.5) is 0 Å². The number of hydrogen-bond acceptors (Lipinski definition) is 5. The third-order valence-corrected chi connectivity index (χ3v) is 2.78. The number of aromatic nitrogens is 3. The molecule has 90 valence electrons. The second kappa shape index (κ2) is 5.38. The van der Waals surface area contributed by atoms with Gasteiger partial charge in [0.25, 0.3) is 0 Å². The van der Waals surface area contributed by atoms with E-state index in [9.17, 15) is 0 Å². The average molecular weight is 226 g/mol. The number of ether oxygens (including phenoxy) is 2. The van der Waals surface area contributed by atoms with Crippen LogP contribution in [0.5, 0.6) is 0 Å². The molecule has 1 atom stereocenters. The van der Waals surface area contributed by atoms with Gasteiger partial charge in [-0.25, -0.2) is 0 Å². The molecule has 6 nitrogen and oxygen atoms in total. The van der Waals surface area contributed by atoms with Gasteiger partial charge in [0.05, 0.1) is 13.2 Å². The van der Waals surface area contributed by atoms with E-state index in [1.807, 2.05) is 4.57 Å². The van der Waals surface area contributed by atoms with Crippen molar-refractivity contribution >= 4 is 0 Å².